The van der Waals surface area contributed by atoms with Crippen LogP contribution < -0.4 is 0 Å². The van der Waals surface area contributed by atoms with Gasteiger partial charge in [-0.15, -0.1) is 0 Å². The lowest BCUT2D eigenvalue weighted by atomic mass is 9.89. The maximum atomic E-state index is 11.6. The zero-order valence-electron chi connectivity index (χ0n) is 10.8. The highest BCUT2D eigenvalue weighted by Gasteiger charge is 2.26. The van der Waals surface area contributed by atoms with Crippen molar-refractivity contribution in [3.63, 3.8) is 0 Å². The summed E-state index contributed by atoms with van der Waals surface area (Å²) in [5.41, 5.74) is 2.36. The number of hydrogen-bond donors (Lipinski definition) is 2. The van der Waals surface area contributed by atoms with Crippen molar-refractivity contribution in [3.05, 3.63) is 27.2 Å². The number of fused-ring (bicyclic) bond motifs is 1. The lowest BCUT2D eigenvalue weighted by Gasteiger charge is -2.21. The number of esters is 1. The van der Waals surface area contributed by atoms with Gasteiger partial charge in [-0.1, -0.05) is 0 Å². The van der Waals surface area contributed by atoms with Crippen LogP contribution in [0.3, 0.4) is 0 Å². The first-order valence-corrected chi connectivity index (χ1v) is 7.23. The van der Waals surface area contributed by atoms with Gasteiger partial charge < -0.3 is 14.9 Å². The summed E-state index contributed by atoms with van der Waals surface area (Å²) in [5, 5.41) is 20.1. The lowest BCUT2D eigenvalue weighted by Crippen LogP contribution is -2.17. The number of carbonyl (C=O) groups excluding carboxylic acids is 1. The van der Waals surface area contributed by atoms with Gasteiger partial charge in [0.15, 0.2) is 6.10 Å². The Hall–Kier alpha value is -1.07. The molecule has 0 aromatic heterocycles. The van der Waals surface area contributed by atoms with E-state index in [1.165, 1.54) is 0 Å². The summed E-state index contributed by atoms with van der Waals surface area (Å²) in [6, 6.07) is 1.72. The third-order valence-corrected chi connectivity index (χ3v) is 4.25. The molecule has 0 fully saturated rings. The minimum absolute atomic E-state index is 0.0683. The fourth-order valence-electron chi connectivity index (χ4n) is 2.42. The molecule has 2 N–H and O–H groups in total. The van der Waals surface area contributed by atoms with E-state index in [1.807, 2.05) is 0 Å². The highest BCUT2D eigenvalue weighted by Crippen LogP contribution is 2.40. The fourth-order valence-corrected chi connectivity index (χ4v) is 3.10. The van der Waals surface area contributed by atoms with Crippen molar-refractivity contribution in [2.45, 2.75) is 38.7 Å². The maximum Gasteiger partial charge on any atom is 0.339 e. The van der Waals surface area contributed by atoms with E-state index < -0.39 is 12.1 Å². The molecule has 5 heteroatoms. The minimum atomic E-state index is -1.44. The van der Waals surface area contributed by atoms with Gasteiger partial charge in [-0.05, 0) is 65.7 Å². The second kappa shape index (κ2) is 5.92. The molecule has 0 heterocycles. The van der Waals surface area contributed by atoms with Crippen LogP contribution in [0.2, 0.25) is 0 Å². The van der Waals surface area contributed by atoms with Crippen molar-refractivity contribution in [1.29, 1.82) is 0 Å². The average Bonchev–Trinajstić information content (AvgIpc) is 2.42. The molecule has 104 valence electrons. The highest BCUT2D eigenvalue weighted by molar-refractivity contribution is 9.10. The highest BCUT2D eigenvalue weighted by atomic mass is 79.9. The van der Waals surface area contributed by atoms with E-state index in [-0.39, 0.29) is 17.9 Å². The molecule has 1 aromatic carbocycles. The Morgan fingerprint density at radius 1 is 1.47 bits per heavy atom. The Balaban J connectivity index is 2.41. The van der Waals surface area contributed by atoms with Crippen LogP contribution >= 0.6 is 15.9 Å². The van der Waals surface area contributed by atoms with E-state index in [9.17, 15) is 15.0 Å². The van der Waals surface area contributed by atoms with Gasteiger partial charge >= 0.3 is 5.97 Å². The Kier molecular flexibility index (Phi) is 4.47. The Bertz CT molecular complexity index is 499. The molecule has 1 aromatic rings. The van der Waals surface area contributed by atoms with E-state index in [1.54, 1.807) is 13.0 Å². The number of phenolic OH excluding ortho intramolecular Hbond substituents is 1. The normalized spacial score (nSPS) is 15.7. The van der Waals surface area contributed by atoms with E-state index >= 15 is 0 Å². The van der Waals surface area contributed by atoms with E-state index in [2.05, 4.69) is 15.9 Å². The Morgan fingerprint density at radius 3 is 2.84 bits per heavy atom. The summed E-state index contributed by atoms with van der Waals surface area (Å²) in [4.78, 5) is 11.6. The summed E-state index contributed by atoms with van der Waals surface area (Å²) < 4.78 is 5.37. The molecule has 1 aliphatic carbocycles. The summed E-state index contributed by atoms with van der Waals surface area (Å²) in [6.07, 6.45) is 2.53. The zero-order valence-corrected chi connectivity index (χ0v) is 12.4. The summed E-state index contributed by atoms with van der Waals surface area (Å²) in [5.74, 6) is -0.804. The van der Waals surface area contributed by atoms with Gasteiger partial charge in [0.2, 0.25) is 0 Å². The summed E-state index contributed by atoms with van der Waals surface area (Å²) in [6.45, 7) is 1.87. The number of ether oxygens (including phenoxy) is 1. The molecule has 4 nitrogen and oxygen atoms in total. The summed E-state index contributed by atoms with van der Waals surface area (Å²) >= 11 is 3.36. The number of carbonyl (C=O) groups is 1. The third kappa shape index (κ3) is 2.77. The van der Waals surface area contributed by atoms with Gasteiger partial charge in [-0.25, -0.2) is 4.79 Å². The van der Waals surface area contributed by atoms with Crippen LogP contribution in [0.5, 0.6) is 5.75 Å². The molecule has 0 saturated heterocycles. The molecule has 0 bridgehead atoms. The number of aliphatic hydroxyl groups is 1. The molecular weight excluding hydrogens is 312 g/mol. The van der Waals surface area contributed by atoms with Crippen LogP contribution in [0, 0.1) is 0 Å². The van der Waals surface area contributed by atoms with Crippen LogP contribution in [0.15, 0.2) is 10.5 Å². The topological polar surface area (TPSA) is 66.8 Å². The van der Waals surface area contributed by atoms with Crippen molar-refractivity contribution in [2.24, 2.45) is 0 Å². The lowest BCUT2D eigenvalue weighted by molar-refractivity contribution is -0.153. The molecule has 0 aliphatic heterocycles. The molecule has 19 heavy (non-hydrogen) atoms. The van der Waals surface area contributed by atoms with Crippen molar-refractivity contribution < 1.29 is 19.7 Å². The molecule has 0 amide bonds. The second-order valence-electron chi connectivity index (χ2n) is 4.63. The molecule has 2 rings (SSSR count). The minimum Gasteiger partial charge on any atom is -0.506 e. The maximum absolute atomic E-state index is 11.6. The van der Waals surface area contributed by atoms with Crippen molar-refractivity contribution in [1.82, 2.24) is 0 Å². The Labute approximate surface area is 120 Å². The molecule has 1 atom stereocenters. The van der Waals surface area contributed by atoms with Crippen LogP contribution in [-0.2, 0) is 22.4 Å². The standard InChI is InChI=1S/C14H17BrO4/c1-2-19-14(18)13(17)10-7-8-5-3-4-6-9(8)11(15)12(10)16/h7,13,16-17H,2-6H2,1H3. The van der Waals surface area contributed by atoms with Gasteiger partial charge in [0, 0.05) is 5.56 Å². The zero-order chi connectivity index (χ0) is 14.0. The van der Waals surface area contributed by atoms with Crippen molar-refractivity contribution >= 4 is 21.9 Å². The number of phenols is 1. The largest absolute Gasteiger partial charge is 0.506 e. The van der Waals surface area contributed by atoms with E-state index in [0.29, 0.717) is 4.47 Å². The average molecular weight is 329 g/mol. The first-order chi connectivity index (χ1) is 9.06. The number of aliphatic hydroxyl groups excluding tert-OH is 1. The molecule has 1 aliphatic rings. The van der Waals surface area contributed by atoms with E-state index in [0.717, 1.165) is 36.8 Å². The van der Waals surface area contributed by atoms with Crippen LogP contribution in [0.25, 0.3) is 0 Å². The molecule has 0 saturated carbocycles. The SMILES string of the molecule is CCOC(=O)C(O)c1cc2c(c(Br)c1O)CCCC2. The molecule has 0 spiro atoms. The number of benzene rings is 1. The van der Waals surface area contributed by atoms with Crippen molar-refractivity contribution in [3.8, 4) is 5.75 Å². The molecule has 0 radical (unpaired) electrons. The van der Waals surface area contributed by atoms with Gasteiger partial charge in [0.1, 0.15) is 5.75 Å². The summed E-state index contributed by atoms with van der Waals surface area (Å²) in [7, 11) is 0. The number of halogens is 1. The van der Waals surface area contributed by atoms with Gasteiger partial charge in [-0.2, -0.15) is 0 Å². The number of hydrogen-bond acceptors (Lipinski definition) is 4. The monoisotopic (exact) mass is 328 g/mol. The van der Waals surface area contributed by atoms with Crippen LogP contribution in [-0.4, -0.2) is 22.8 Å². The Morgan fingerprint density at radius 2 is 2.16 bits per heavy atom. The van der Waals surface area contributed by atoms with Crippen LogP contribution in [0.4, 0.5) is 0 Å². The predicted octanol–water partition coefficient (Wildman–Crippen LogP) is 2.63. The second-order valence-corrected chi connectivity index (χ2v) is 5.42. The van der Waals surface area contributed by atoms with E-state index in [4.69, 9.17) is 4.74 Å². The quantitative estimate of drug-likeness (QED) is 0.837. The number of aromatic hydroxyl groups is 1. The fraction of sp³-hybridized carbons (Fsp3) is 0.500. The smallest absolute Gasteiger partial charge is 0.339 e. The third-order valence-electron chi connectivity index (χ3n) is 3.39. The molecular formula is C14H17BrO4. The van der Waals surface area contributed by atoms with Crippen molar-refractivity contribution in [2.75, 3.05) is 6.61 Å². The number of rotatable bonds is 3. The van der Waals surface area contributed by atoms with Gasteiger partial charge in [0.05, 0.1) is 11.1 Å². The number of aryl methyl sites for hydroxylation is 1. The first-order valence-electron chi connectivity index (χ1n) is 6.44. The van der Waals surface area contributed by atoms with Gasteiger partial charge in [0.25, 0.3) is 0 Å². The molecule has 1 unspecified atom stereocenters. The predicted molar refractivity (Wildman–Crippen MR) is 74.0 cm³/mol. The van der Waals surface area contributed by atoms with Crippen LogP contribution in [0.1, 0.15) is 42.6 Å². The van der Waals surface area contributed by atoms with Gasteiger partial charge in [-0.3, -0.25) is 0 Å². The first kappa shape index (κ1) is 14.3.